The summed E-state index contributed by atoms with van der Waals surface area (Å²) < 4.78 is 38.7. The normalized spacial score (nSPS) is 18.7. The van der Waals surface area contributed by atoms with Gasteiger partial charge < -0.3 is 14.8 Å². The highest BCUT2D eigenvalue weighted by molar-refractivity contribution is 7.99. The van der Waals surface area contributed by atoms with Crippen LogP contribution in [0.2, 0.25) is 0 Å². The minimum absolute atomic E-state index is 0.117. The van der Waals surface area contributed by atoms with E-state index in [-0.39, 0.29) is 10.8 Å². The molecule has 166 valence electrons. The first-order valence-corrected chi connectivity index (χ1v) is 12.8. The molecule has 0 aromatic heterocycles. The molecule has 1 amide bonds. The molecule has 31 heavy (non-hydrogen) atoms. The van der Waals surface area contributed by atoms with Crippen molar-refractivity contribution in [2.75, 3.05) is 32.1 Å². The average Bonchev–Trinajstić information content (AvgIpc) is 3.28. The Morgan fingerprint density at radius 1 is 1.13 bits per heavy atom. The number of thioether (sulfide) groups is 1. The third-order valence-corrected chi connectivity index (χ3v) is 8.24. The van der Waals surface area contributed by atoms with Crippen molar-refractivity contribution in [1.29, 1.82) is 0 Å². The maximum atomic E-state index is 13.2. The van der Waals surface area contributed by atoms with Crippen LogP contribution in [-0.4, -0.2) is 56.7 Å². The summed E-state index contributed by atoms with van der Waals surface area (Å²) >= 11 is 1.66. The smallest absolute Gasteiger partial charge is 0.243 e. The Hall–Kier alpha value is -2.23. The van der Waals surface area contributed by atoms with Gasteiger partial charge in [-0.15, -0.1) is 11.8 Å². The van der Waals surface area contributed by atoms with Crippen molar-refractivity contribution in [2.45, 2.75) is 35.6 Å². The van der Waals surface area contributed by atoms with Crippen molar-refractivity contribution in [1.82, 2.24) is 9.62 Å². The van der Waals surface area contributed by atoms with Crippen LogP contribution in [0.1, 0.15) is 18.4 Å². The van der Waals surface area contributed by atoms with E-state index < -0.39 is 16.1 Å². The number of carbonyl (C=O) groups is 1. The molecule has 1 saturated heterocycles. The number of nitrogens with one attached hydrogen (secondary N) is 1. The van der Waals surface area contributed by atoms with Gasteiger partial charge in [0.25, 0.3) is 0 Å². The first-order valence-electron chi connectivity index (χ1n) is 10.3. The number of aryl methyl sites for hydroxylation is 1. The van der Waals surface area contributed by atoms with Gasteiger partial charge in [0.1, 0.15) is 19.3 Å². The fourth-order valence-electron chi connectivity index (χ4n) is 3.70. The van der Waals surface area contributed by atoms with Crippen LogP contribution in [0.15, 0.2) is 52.3 Å². The van der Waals surface area contributed by atoms with E-state index in [1.807, 2.05) is 6.92 Å². The Morgan fingerprint density at radius 3 is 2.65 bits per heavy atom. The number of rotatable bonds is 7. The van der Waals surface area contributed by atoms with E-state index in [9.17, 15) is 13.2 Å². The topological polar surface area (TPSA) is 84.9 Å². The number of hydrogen-bond acceptors (Lipinski definition) is 6. The Kier molecular flexibility index (Phi) is 6.74. The first-order chi connectivity index (χ1) is 14.9. The molecule has 0 radical (unpaired) electrons. The van der Waals surface area contributed by atoms with E-state index in [0.717, 1.165) is 10.6 Å². The molecule has 0 aliphatic carbocycles. The van der Waals surface area contributed by atoms with Crippen LogP contribution in [0.3, 0.4) is 0 Å². The maximum Gasteiger partial charge on any atom is 0.243 e. The molecule has 7 nitrogen and oxygen atoms in total. The van der Waals surface area contributed by atoms with Crippen molar-refractivity contribution in [3.05, 3.63) is 48.0 Å². The molecule has 1 unspecified atom stereocenters. The van der Waals surface area contributed by atoms with Gasteiger partial charge in [0.2, 0.25) is 15.9 Å². The summed E-state index contributed by atoms with van der Waals surface area (Å²) in [5.41, 5.74) is 1.21. The standard InChI is InChI=1S/C22H26N2O5S2/c1-16-4-6-17(7-5-16)30-14-10-23-22(25)19-3-2-11-24(19)31(26,27)18-8-9-20-21(15-18)29-13-12-28-20/h4-9,15,19H,2-3,10-14H2,1H3,(H,23,25). The zero-order valence-electron chi connectivity index (χ0n) is 17.4. The Bertz CT molecular complexity index is 1040. The molecule has 2 heterocycles. The largest absolute Gasteiger partial charge is 0.486 e. The van der Waals surface area contributed by atoms with Crippen LogP contribution >= 0.6 is 11.8 Å². The summed E-state index contributed by atoms with van der Waals surface area (Å²) in [7, 11) is -3.81. The molecule has 1 N–H and O–H groups in total. The van der Waals surface area contributed by atoms with Crippen LogP contribution in [0.25, 0.3) is 0 Å². The molecule has 2 aromatic rings. The lowest BCUT2D eigenvalue weighted by molar-refractivity contribution is -0.124. The summed E-state index contributed by atoms with van der Waals surface area (Å²) in [6.07, 6.45) is 1.17. The van der Waals surface area contributed by atoms with Crippen molar-refractivity contribution in [2.24, 2.45) is 0 Å². The van der Waals surface area contributed by atoms with Gasteiger partial charge in [-0.25, -0.2) is 8.42 Å². The van der Waals surface area contributed by atoms with Gasteiger partial charge in [0, 0.05) is 29.8 Å². The fourth-order valence-corrected chi connectivity index (χ4v) is 6.15. The van der Waals surface area contributed by atoms with Gasteiger partial charge in [-0.2, -0.15) is 4.31 Å². The van der Waals surface area contributed by atoms with Gasteiger partial charge in [-0.3, -0.25) is 4.79 Å². The molecule has 2 aromatic carbocycles. The van der Waals surface area contributed by atoms with Gasteiger partial charge in [-0.1, -0.05) is 17.7 Å². The van der Waals surface area contributed by atoms with Gasteiger partial charge >= 0.3 is 0 Å². The molecule has 2 aliphatic heterocycles. The number of benzene rings is 2. The molecule has 0 spiro atoms. The predicted octanol–water partition coefficient (Wildman–Crippen LogP) is 2.83. The van der Waals surface area contributed by atoms with Gasteiger partial charge in [0.15, 0.2) is 11.5 Å². The quantitative estimate of drug-likeness (QED) is 0.503. The van der Waals surface area contributed by atoms with Crippen molar-refractivity contribution in [3.63, 3.8) is 0 Å². The van der Waals surface area contributed by atoms with Crippen molar-refractivity contribution in [3.8, 4) is 11.5 Å². The summed E-state index contributed by atoms with van der Waals surface area (Å²) in [6, 6.07) is 12.1. The minimum Gasteiger partial charge on any atom is -0.486 e. The Balaban J connectivity index is 1.37. The van der Waals surface area contributed by atoms with Crippen LogP contribution < -0.4 is 14.8 Å². The lowest BCUT2D eigenvalue weighted by atomic mass is 10.2. The number of amides is 1. The summed E-state index contributed by atoms with van der Waals surface area (Å²) in [6.45, 7) is 3.67. The zero-order valence-corrected chi connectivity index (χ0v) is 19.0. The van der Waals surface area contributed by atoms with E-state index in [4.69, 9.17) is 9.47 Å². The minimum atomic E-state index is -3.81. The van der Waals surface area contributed by atoms with Crippen LogP contribution in [0, 0.1) is 6.92 Å². The lowest BCUT2D eigenvalue weighted by Crippen LogP contribution is -2.46. The monoisotopic (exact) mass is 462 g/mol. The number of sulfonamides is 1. The molecule has 0 bridgehead atoms. The van der Waals surface area contributed by atoms with E-state index >= 15 is 0 Å². The fraction of sp³-hybridized carbons (Fsp3) is 0.409. The molecular formula is C22H26N2O5S2. The number of fused-ring (bicyclic) bond motifs is 1. The van der Waals surface area contributed by atoms with E-state index in [1.54, 1.807) is 17.8 Å². The molecule has 4 rings (SSSR count). The van der Waals surface area contributed by atoms with Crippen LogP contribution in [0.5, 0.6) is 11.5 Å². The lowest BCUT2D eigenvalue weighted by Gasteiger charge is -2.24. The third-order valence-electron chi connectivity index (χ3n) is 5.32. The Morgan fingerprint density at radius 2 is 1.87 bits per heavy atom. The van der Waals surface area contributed by atoms with E-state index in [0.29, 0.717) is 50.6 Å². The second-order valence-electron chi connectivity index (χ2n) is 7.53. The van der Waals surface area contributed by atoms with Crippen molar-refractivity contribution >= 4 is 27.7 Å². The molecular weight excluding hydrogens is 436 g/mol. The average molecular weight is 463 g/mol. The number of hydrogen-bond donors (Lipinski definition) is 1. The number of ether oxygens (including phenoxy) is 2. The molecule has 1 fully saturated rings. The highest BCUT2D eigenvalue weighted by Gasteiger charge is 2.39. The maximum absolute atomic E-state index is 13.2. The van der Waals surface area contributed by atoms with E-state index in [2.05, 4.69) is 29.6 Å². The highest BCUT2D eigenvalue weighted by atomic mass is 32.2. The summed E-state index contributed by atoms with van der Waals surface area (Å²) in [5, 5.41) is 2.90. The first kappa shape index (κ1) is 22.0. The SMILES string of the molecule is Cc1ccc(SCCNC(=O)C2CCCN2S(=O)(=O)c2ccc3c(c2)OCCO3)cc1. The van der Waals surface area contributed by atoms with Gasteiger partial charge in [-0.05, 0) is 44.0 Å². The Labute approximate surface area is 187 Å². The molecule has 9 heteroatoms. The summed E-state index contributed by atoms with van der Waals surface area (Å²) in [5.74, 6) is 1.42. The molecule has 1 atom stereocenters. The predicted molar refractivity (Wildman–Crippen MR) is 119 cm³/mol. The second kappa shape index (κ2) is 9.50. The van der Waals surface area contributed by atoms with Gasteiger partial charge in [0.05, 0.1) is 4.90 Å². The zero-order chi connectivity index (χ0) is 21.8. The van der Waals surface area contributed by atoms with E-state index in [1.165, 1.54) is 22.0 Å². The third kappa shape index (κ3) is 4.99. The summed E-state index contributed by atoms with van der Waals surface area (Å²) in [4.78, 5) is 14.0. The second-order valence-corrected chi connectivity index (χ2v) is 10.6. The van der Waals surface area contributed by atoms with Crippen LogP contribution in [-0.2, 0) is 14.8 Å². The molecule has 2 aliphatic rings. The highest BCUT2D eigenvalue weighted by Crippen LogP contribution is 2.34. The number of carbonyl (C=O) groups excluding carboxylic acids is 1. The number of nitrogens with zero attached hydrogens (tertiary/aromatic N) is 1. The molecule has 0 saturated carbocycles. The van der Waals surface area contributed by atoms with Crippen LogP contribution in [0.4, 0.5) is 0 Å². The van der Waals surface area contributed by atoms with Crippen molar-refractivity contribution < 1.29 is 22.7 Å².